The van der Waals surface area contributed by atoms with E-state index < -0.39 is 0 Å². The second-order valence-corrected chi connectivity index (χ2v) is 7.43. The van der Waals surface area contributed by atoms with Gasteiger partial charge in [-0.1, -0.05) is 27.5 Å². The third kappa shape index (κ3) is 3.65. The van der Waals surface area contributed by atoms with Crippen molar-refractivity contribution in [2.45, 2.75) is 38.3 Å². The summed E-state index contributed by atoms with van der Waals surface area (Å²) >= 11 is 13.3. The molecule has 1 fully saturated rings. The summed E-state index contributed by atoms with van der Waals surface area (Å²) in [6.45, 7) is 0.771. The van der Waals surface area contributed by atoms with E-state index in [9.17, 15) is 4.79 Å². The first-order valence-corrected chi connectivity index (χ1v) is 9.94. The standard InChI is InChI=1S/C16H17Br2ClN2O2/c17-8-10(22)4-5-11-13(19)7-14-12(16(11)18)9-20-21(14)15-3-1-2-6-23-15/h7,9,15H,1-6,8H2. The second kappa shape index (κ2) is 7.64. The Hall–Kier alpha value is -0.430. The molecule has 23 heavy (non-hydrogen) atoms. The molecule has 0 amide bonds. The zero-order chi connectivity index (χ0) is 16.4. The second-order valence-electron chi connectivity index (χ2n) is 5.67. The minimum absolute atomic E-state index is 0.0231. The maximum Gasteiger partial charge on any atom is 0.150 e. The van der Waals surface area contributed by atoms with Crippen molar-refractivity contribution in [3.63, 3.8) is 0 Å². The van der Waals surface area contributed by atoms with Gasteiger partial charge in [0.25, 0.3) is 0 Å². The predicted octanol–water partition coefficient (Wildman–Crippen LogP) is 5.05. The van der Waals surface area contributed by atoms with Crippen LogP contribution in [0.4, 0.5) is 0 Å². The number of halogens is 3. The molecule has 7 heteroatoms. The predicted molar refractivity (Wildman–Crippen MR) is 98.4 cm³/mol. The van der Waals surface area contributed by atoms with Crippen molar-refractivity contribution in [3.05, 3.63) is 27.3 Å². The van der Waals surface area contributed by atoms with Gasteiger partial charge < -0.3 is 4.74 Å². The van der Waals surface area contributed by atoms with Gasteiger partial charge in [-0.15, -0.1) is 0 Å². The first-order valence-electron chi connectivity index (χ1n) is 7.65. The van der Waals surface area contributed by atoms with E-state index in [2.05, 4.69) is 37.0 Å². The number of Topliss-reactive ketones (excluding diaryl/α,β-unsaturated/α-hetero) is 1. The summed E-state index contributed by atoms with van der Waals surface area (Å²) in [6.07, 6.45) is 6.11. The molecule has 2 heterocycles. The smallest absolute Gasteiger partial charge is 0.150 e. The minimum Gasteiger partial charge on any atom is -0.356 e. The summed E-state index contributed by atoms with van der Waals surface area (Å²) in [5.41, 5.74) is 1.92. The molecule has 0 bridgehead atoms. The molecule has 1 atom stereocenters. The van der Waals surface area contributed by atoms with Crippen LogP contribution in [-0.4, -0.2) is 27.5 Å². The van der Waals surface area contributed by atoms with Gasteiger partial charge in [-0.2, -0.15) is 5.10 Å². The number of rotatable bonds is 5. The molecule has 0 N–H and O–H groups in total. The Kier molecular flexibility index (Phi) is 5.78. The molecule has 0 spiro atoms. The molecular formula is C16H17Br2ClN2O2. The van der Waals surface area contributed by atoms with Crippen LogP contribution in [0.3, 0.4) is 0 Å². The van der Waals surface area contributed by atoms with Crippen LogP contribution in [-0.2, 0) is 16.0 Å². The number of benzene rings is 1. The third-order valence-corrected chi connectivity index (χ3v) is 5.99. The zero-order valence-corrected chi connectivity index (χ0v) is 16.5. The average Bonchev–Trinajstić information content (AvgIpc) is 2.99. The number of nitrogens with zero attached hydrogens (tertiary/aromatic N) is 2. The lowest BCUT2D eigenvalue weighted by atomic mass is 10.1. The van der Waals surface area contributed by atoms with E-state index in [1.54, 1.807) is 0 Å². The number of hydrogen-bond acceptors (Lipinski definition) is 3. The molecule has 3 rings (SSSR count). The lowest BCUT2D eigenvalue weighted by molar-refractivity contribution is -0.116. The van der Waals surface area contributed by atoms with E-state index in [-0.39, 0.29) is 12.0 Å². The first kappa shape index (κ1) is 17.4. The van der Waals surface area contributed by atoms with Gasteiger partial charge in [0.2, 0.25) is 0 Å². The number of carbonyl (C=O) groups excluding carboxylic acids is 1. The summed E-state index contributed by atoms with van der Waals surface area (Å²) in [6, 6.07) is 1.93. The molecule has 124 valence electrons. The van der Waals surface area contributed by atoms with Gasteiger partial charge in [-0.05, 0) is 53.2 Å². The Morgan fingerprint density at radius 3 is 3.00 bits per heavy atom. The van der Waals surface area contributed by atoms with E-state index in [0.29, 0.717) is 23.2 Å². The maximum atomic E-state index is 11.5. The monoisotopic (exact) mass is 462 g/mol. The van der Waals surface area contributed by atoms with Crippen LogP contribution in [0.1, 0.15) is 37.5 Å². The highest BCUT2D eigenvalue weighted by Gasteiger charge is 2.21. The summed E-state index contributed by atoms with van der Waals surface area (Å²) < 4.78 is 8.66. The third-order valence-electron chi connectivity index (χ3n) is 4.12. The molecule has 1 aliphatic heterocycles. The van der Waals surface area contributed by atoms with Crippen molar-refractivity contribution in [1.29, 1.82) is 0 Å². The van der Waals surface area contributed by atoms with Gasteiger partial charge >= 0.3 is 0 Å². The van der Waals surface area contributed by atoms with Crippen molar-refractivity contribution >= 4 is 60.1 Å². The Morgan fingerprint density at radius 2 is 2.30 bits per heavy atom. The topological polar surface area (TPSA) is 44.1 Å². The minimum atomic E-state index is -0.0231. The van der Waals surface area contributed by atoms with E-state index in [4.69, 9.17) is 16.3 Å². The molecule has 1 unspecified atom stereocenters. The molecule has 0 radical (unpaired) electrons. The van der Waals surface area contributed by atoms with Crippen molar-refractivity contribution < 1.29 is 9.53 Å². The van der Waals surface area contributed by atoms with Gasteiger partial charge in [-0.25, -0.2) is 4.68 Å². The number of ether oxygens (including phenoxy) is 1. The largest absolute Gasteiger partial charge is 0.356 e. The molecule has 1 aromatic heterocycles. The lowest BCUT2D eigenvalue weighted by Crippen LogP contribution is -2.19. The fourth-order valence-corrected chi connectivity index (χ4v) is 4.27. The Morgan fingerprint density at radius 1 is 1.48 bits per heavy atom. The van der Waals surface area contributed by atoms with Crippen molar-refractivity contribution in [2.75, 3.05) is 11.9 Å². The van der Waals surface area contributed by atoms with Crippen LogP contribution < -0.4 is 0 Å². The van der Waals surface area contributed by atoms with Crippen LogP contribution in [0.25, 0.3) is 10.9 Å². The number of carbonyl (C=O) groups is 1. The maximum absolute atomic E-state index is 11.5. The van der Waals surface area contributed by atoms with Gasteiger partial charge in [-0.3, -0.25) is 4.79 Å². The Labute approximate surface area is 156 Å². The molecule has 1 aromatic carbocycles. The van der Waals surface area contributed by atoms with Crippen LogP contribution in [0.2, 0.25) is 5.02 Å². The van der Waals surface area contributed by atoms with Crippen LogP contribution >= 0.6 is 43.5 Å². The molecule has 1 aliphatic rings. The summed E-state index contributed by atoms with van der Waals surface area (Å²) in [4.78, 5) is 11.5. The normalized spacial score (nSPS) is 18.5. The van der Waals surface area contributed by atoms with Crippen LogP contribution in [0.15, 0.2) is 16.7 Å². The van der Waals surface area contributed by atoms with Gasteiger partial charge in [0.1, 0.15) is 5.78 Å². The fourth-order valence-electron chi connectivity index (χ4n) is 2.87. The molecule has 2 aromatic rings. The number of fused-ring (bicyclic) bond motifs is 1. The average molecular weight is 465 g/mol. The zero-order valence-electron chi connectivity index (χ0n) is 12.5. The summed E-state index contributed by atoms with van der Waals surface area (Å²) in [5.74, 6) is 0.166. The fraction of sp³-hybridized carbons (Fsp3) is 0.500. The van der Waals surface area contributed by atoms with Crippen LogP contribution in [0, 0.1) is 0 Å². The van der Waals surface area contributed by atoms with E-state index in [1.165, 1.54) is 0 Å². The molecular weight excluding hydrogens is 447 g/mol. The highest BCUT2D eigenvalue weighted by molar-refractivity contribution is 9.10. The highest BCUT2D eigenvalue weighted by Crippen LogP contribution is 2.36. The van der Waals surface area contributed by atoms with E-state index in [1.807, 2.05) is 16.9 Å². The van der Waals surface area contributed by atoms with E-state index >= 15 is 0 Å². The number of hydrogen-bond donors (Lipinski definition) is 0. The van der Waals surface area contributed by atoms with Gasteiger partial charge in [0.05, 0.1) is 17.0 Å². The van der Waals surface area contributed by atoms with Crippen molar-refractivity contribution in [2.24, 2.45) is 0 Å². The number of aromatic nitrogens is 2. The van der Waals surface area contributed by atoms with E-state index in [0.717, 1.165) is 46.8 Å². The van der Waals surface area contributed by atoms with Crippen molar-refractivity contribution in [1.82, 2.24) is 9.78 Å². The molecule has 0 saturated carbocycles. The summed E-state index contributed by atoms with van der Waals surface area (Å²) in [5, 5.41) is 6.54. The van der Waals surface area contributed by atoms with Gasteiger partial charge in [0, 0.05) is 27.9 Å². The van der Waals surface area contributed by atoms with Gasteiger partial charge in [0.15, 0.2) is 6.23 Å². The highest BCUT2D eigenvalue weighted by atomic mass is 79.9. The van der Waals surface area contributed by atoms with Crippen molar-refractivity contribution in [3.8, 4) is 0 Å². The lowest BCUT2D eigenvalue weighted by Gasteiger charge is -2.23. The molecule has 1 saturated heterocycles. The molecule has 4 nitrogen and oxygen atoms in total. The number of ketones is 1. The Balaban J connectivity index is 1.95. The quantitative estimate of drug-likeness (QED) is 0.582. The first-order chi connectivity index (χ1) is 11.1. The SMILES string of the molecule is O=C(CBr)CCc1c(Cl)cc2c(cnn2C2CCCCO2)c1Br. The molecule has 0 aliphatic carbocycles. The number of alkyl halides is 1. The van der Waals surface area contributed by atoms with Crippen LogP contribution in [0.5, 0.6) is 0 Å². The summed E-state index contributed by atoms with van der Waals surface area (Å²) in [7, 11) is 0. The Bertz CT molecular complexity index is 726.